The van der Waals surface area contributed by atoms with E-state index in [1.807, 2.05) is 18.2 Å². The summed E-state index contributed by atoms with van der Waals surface area (Å²) in [6, 6.07) is 16.2. The first-order valence-corrected chi connectivity index (χ1v) is 12.3. The summed E-state index contributed by atoms with van der Waals surface area (Å²) >= 11 is 0. The molecule has 7 nitrogen and oxygen atoms in total. The van der Waals surface area contributed by atoms with E-state index in [1.54, 1.807) is 43.5 Å². The van der Waals surface area contributed by atoms with Gasteiger partial charge in [0.15, 0.2) is 0 Å². The Hall–Kier alpha value is -3.35. The number of esters is 1. The predicted octanol–water partition coefficient (Wildman–Crippen LogP) is 4.39. The largest absolute Gasteiger partial charge is 0.497 e. The lowest BCUT2D eigenvalue weighted by atomic mass is 9.47. The average molecular weight is 477 g/mol. The highest BCUT2D eigenvalue weighted by molar-refractivity contribution is 5.96. The minimum atomic E-state index is -1.08. The molecule has 4 saturated carbocycles. The first kappa shape index (κ1) is 23.4. The number of hydrogen-bond donors (Lipinski definition) is 2. The van der Waals surface area contributed by atoms with E-state index in [0.717, 1.165) is 32.1 Å². The molecule has 4 aliphatic carbocycles. The molecule has 0 saturated heterocycles. The zero-order valence-electron chi connectivity index (χ0n) is 20.2. The fourth-order valence-corrected chi connectivity index (χ4v) is 7.06. The van der Waals surface area contributed by atoms with E-state index in [2.05, 4.69) is 10.6 Å². The normalized spacial score (nSPS) is 29.2. The van der Waals surface area contributed by atoms with Crippen LogP contribution in [0.4, 0.5) is 5.69 Å². The number of nitrogens with one attached hydrogen (secondary N) is 2. The minimum absolute atomic E-state index is 0.0599. The van der Waals surface area contributed by atoms with Crippen molar-refractivity contribution >= 4 is 23.5 Å². The fraction of sp³-hybridized carbons (Fsp3) is 0.464. The van der Waals surface area contributed by atoms with Crippen LogP contribution in [0.1, 0.15) is 57.1 Å². The lowest BCUT2D eigenvalue weighted by Gasteiger charge is -2.60. The van der Waals surface area contributed by atoms with Crippen molar-refractivity contribution in [1.29, 1.82) is 0 Å². The minimum Gasteiger partial charge on any atom is -0.497 e. The van der Waals surface area contributed by atoms with E-state index in [4.69, 9.17) is 9.47 Å². The van der Waals surface area contributed by atoms with Gasteiger partial charge < -0.3 is 20.1 Å². The molecule has 4 fully saturated rings. The van der Waals surface area contributed by atoms with Crippen molar-refractivity contribution in [2.75, 3.05) is 12.4 Å². The third-order valence-corrected chi connectivity index (χ3v) is 7.84. The van der Waals surface area contributed by atoms with Crippen LogP contribution in [0.5, 0.6) is 5.75 Å². The average Bonchev–Trinajstić information content (AvgIpc) is 2.81. The van der Waals surface area contributed by atoms with E-state index in [0.29, 0.717) is 35.3 Å². The summed E-state index contributed by atoms with van der Waals surface area (Å²) in [5.41, 5.74) is 0.156. The quantitative estimate of drug-likeness (QED) is 0.578. The lowest BCUT2D eigenvalue weighted by molar-refractivity contribution is -0.182. The predicted molar refractivity (Wildman–Crippen MR) is 131 cm³/mol. The van der Waals surface area contributed by atoms with Crippen molar-refractivity contribution in [2.45, 2.75) is 57.1 Å². The molecule has 2 N–H and O–H groups in total. The molecule has 6 rings (SSSR count). The molecule has 7 heteroatoms. The lowest BCUT2D eigenvalue weighted by Crippen LogP contribution is -2.64. The fourth-order valence-electron chi connectivity index (χ4n) is 7.06. The van der Waals surface area contributed by atoms with Crippen LogP contribution in [0.25, 0.3) is 0 Å². The van der Waals surface area contributed by atoms with Crippen LogP contribution in [0, 0.1) is 17.3 Å². The number of amides is 2. The highest BCUT2D eigenvalue weighted by atomic mass is 16.5. The summed E-state index contributed by atoms with van der Waals surface area (Å²) in [7, 11) is 1.56. The maximum Gasteiger partial charge on any atom is 0.313 e. The highest BCUT2D eigenvalue weighted by Gasteiger charge is 2.62. The van der Waals surface area contributed by atoms with Gasteiger partial charge in [0.2, 0.25) is 12.0 Å². The molecule has 2 aromatic carbocycles. The van der Waals surface area contributed by atoms with E-state index in [9.17, 15) is 14.4 Å². The number of ether oxygens (including phenoxy) is 2. The van der Waals surface area contributed by atoms with Crippen molar-refractivity contribution < 1.29 is 23.9 Å². The van der Waals surface area contributed by atoms with Crippen molar-refractivity contribution in [2.24, 2.45) is 17.3 Å². The molecule has 0 radical (unpaired) electrons. The molecule has 4 bridgehead atoms. The molecule has 0 heterocycles. The SMILES string of the molecule is COc1cccc(NC(=O)C(OC(=O)C23CC4CC(CC(NC(C)=O)(C4)C2)C3)c2ccccc2)c1. The van der Waals surface area contributed by atoms with Crippen molar-refractivity contribution in [1.82, 2.24) is 5.32 Å². The Morgan fingerprint density at radius 3 is 2.34 bits per heavy atom. The number of hydrogen-bond acceptors (Lipinski definition) is 5. The third-order valence-electron chi connectivity index (χ3n) is 7.84. The number of rotatable bonds is 7. The zero-order chi connectivity index (χ0) is 24.6. The summed E-state index contributed by atoms with van der Waals surface area (Å²) in [6.07, 6.45) is 3.91. The van der Waals surface area contributed by atoms with Gasteiger partial charge >= 0.3 is 5.97 Å². The second-order valence-electron chi connectivity index (χ2n) is 10.6. The van der Waals surface area contributed by atoms with Gasteiger partial charge in [-0.3, -0.25) is 14.4 Å². The Morgan fingerprint density at radius 2 is 1.69 bits per heavy atom. The zero-order valence-corrected chi connectivity index (χ0v) is 20.2. The molecule has 3 atom stereocenters. The number of carbonyl (C=O) groups excluding carboxylic acids is 3. The second-order valence-corrected chi connectivity index (χ2v) is 10.6. The van der Waals surface area contributed by atoms with E-state index < -0.39 is 17.4 Å². The molecule has 4 aliphatic rings. The Labute approximate surface area is 205 Å². The molecule has 0 aromatic heterocycles. The number of carbonyl (C=O) groups is 3. The second kappa shape index (κ2) is 9.02. The van der Waals surface area contributed by atoms with Gasteiger partial charge in [0.25, 0.3) is 5.91 Å². The van der Waals surface area contributed by atoms with Crippen LogP contribution in [0.3, 0.4) is 0 Å². The van der Waals surface area contributed by atoms with Gasteiger partial charge in [-0.2, -0.15) is 0 Å². The number of benzene rings is 2. The van der Waals surface area contributed by atoms with Gasteiger partial charge in [0.05, 0.1) is 12.5 Å². The molecule has 0 aliphatic heterocycles. The van der Waals surface area contributed by atoms with E-state index in [1.165, 1.54) is 6.92 Å². The molecular formula is C28H32N2O5. The molecule has 2 aromatic rings. The van der Waals surface area contributed by atoms with E-state index in [-0.39, 0.29) is 17.4 Å². The van der Waals surface area contributed by atoms with Crippen molar-refractivity contribution in [3.63, 3.8) is 0 Å². The monoisotopic (exact) mass is 476 g/mol. The summed E-state index contributed by atoms with van der Waals surface area (Å²) in [4.78, 5) is 39.2. The number of anilines is 1. The van der Waals surface area contributed by atoms with Crippen LogP contribution in [-0.4, -0.2) is 30.4 Å². The smallest absolute Gasteiger partial charge is 0.313 e. The summed E-state index contributed by atoms with van der Waals surface area (Å²) in [5.74, 6) is 0.575. The van der Waals surface area contributed by atoms with E-state index >= 15 is 0 Å². The van der Waals surface area contributed by atoms with Crippen LogP contribution in [-0.2, 0) is 19.1 Å². The molecule has 35 heavy (non-hydrogen) atoms. The molecule has 184 valence electrons. The van der Waals surface area contributed by atoms with Gasteiger partial charge in [0.1, 0.15) is 5.75 Å². The highest BCUT2D eigenvalue weighted by Crippen LogP contribution is 2.62. The summed E-state index contributed by atoms with van der Waals surface area (Å²) in [5, 5.41) is 6.06. The maximum atomic E-state index is 13.8. The van der Waals surface area contributed by atoms with Gasteiger partial charge in [0, 0.05) is 29.8 Å². The van der Waals surface area contributed by atoms with Crippen LogP contribution < -0.4 is 15.4 Å². The summed E-state index contributed by atoms with van der Waals surface area (Å²) in [6.45, 7) is 1.54. The third kappa shape index (κ3) is 4.64. The number of methoxy groups -OCH3 is 1. The molecular weight excluding hydrogens is 444 g/mol. The Bertz CT molecular complexity index is 1120. The van der Waals surface area contributed by atoms with Crippen LogP contribution in [0.15, 0.2) is 54.6 Å². The van der Waals surface area contributed by atoms with Gasteiger partial charge in [-0.05, 0) is 62.5 Å². The topological polar surface area (TPSA) is 93.7 Å². The standard InChI is InChI=1S/C28H32N2O5/c1-18(31)30-28-15-19-11-20(16-28)14-27(13-19,17-28)26(33)35-24(21-7-4-3-5-8-21)25(32)29-22-9-6-10-23(12-22)34-2/h3-10,12,19-20,24H,11,13-17H2,1-2H3,(H,29,32)(H,30,31). The molecule has 2 amide bonds. The molecule has 0 spiro atoms. The van der Waals surface area contributed by atoms with Crippen molar-refractivity contribution in [3.8, 4) is 5.75 Å². The van der Waals surface area contributed by atoms with Gasteiger partial charge in [-0.15, -0.1) is 0 Å². The van der Waals surface area contributed by atoms with Crippen molar-refractivity contribution in [3.05, 3.63) is 60.2 Å². The first-order valence-electron chi connectivity index (χ1n) is 12.3. The van der Waals surface area contributed by atoms with Gasteiger partial charge in [-0.25, -0.2) is 0 Å². The van der Waals surface area contributed by atoms with Crippen LogP contribution >= 0.6 is 0 Å². The Kier molecular flexibility index (Phi) is 6.03. The summed E-state index contributed by atoms with van der Waals surface area (Å²) < 4.78 is 11.3. The Morgan fingerprint density at radius 1 is 0.971 bits per heavy atom. The van der Waals surface area contributed by atoms with Crippen LogP contribution in [0.2, 0.25) is 0 Å². The maximum absolute atomic E-state index is 13.8. The molecule has 3 unspecified atom stereocenters. The van der Waals surface area contributed by atoms with Gasteiger partial charge in [-0.1, -0.05) is 36.4 Å². The Balaban J connectivity index is 1.40. The first-order chi connectivity index (χ1) is 16.8.